The van der Waals surface area contributed by atoms with Gasteiger partial charge in [-0.3, -0.25) is 9.59 Å². The van der Waals surface area contributed by atoms with E-state index in [0.717, 1.165) is 12.8 Å². The van der Waals surface area contributed by atoms with E-state index in [0.29, 0.717) is 49.4 Å². The molecule has 9 nitrogen and oxygen atoms in total. The molecule has 28 heavy (non-hydrogen) atoms. The van der Waals surface area contributed by atoms with Crippen molar-refractivity contribution in [3.63, 3.8) is 0 Å². The molecule has 1 saturated heterocycles. The zero-order valence-corrected chi connectivity index (χ0v) is 17.0. The lowest BCUT2D eigenvalue weighted by Crippen LogP contribution is -2.43. The number of nitrogens with zero attached hydrogens (tertiary/aromatic N) is 6. The molecule has 1 fully saturated rings. The normalized spacial score (nSPS) is 16.8. The zero-order chi connectivity index (χ0) is 20.3. The summed E-state index contributed by atoms with van der Waals surface area (Å²) in [6.07, 6.45) is 5.23. The molecule has 2 aromatic heterocycles. The Hall–Kier alpha value is -2.71. The summed E-state index contributed by atoms with van der Waals surface area (Å²) in [5.74, 6) is 1.63. The van der Waals surface area contributed by atoms with Gasteiger partial charge in [0.1, 0.15) is 5.69 Å². The van der Waals surface area contributed by atoms with Crippen molar-refractivity contribution in [2.45, 2.75) is 46.1 Å². The first-order valence-electron chi connectivity index (χ1n) is 9.69. The van der Waals surface area contributed by atoms with Crippen LogP contribution in [0.15, 0.2) is 17.0 Å². The first-order chi connectivity index (χ1) is 13.3. The average Bonchev–Trinajstić information content (AvgIpc) is 3.35. The minimum absolute atomic E-state index is 0.00304. The Bertz CT molecular complexity index is 827. The van der Waals surface area contributed by atoms with Crippen LogP contribution in [0.1, 0.15) is 49.4 Å². The molecule has 1 aliphatic heterocycles. The molecule has 1 atom stereocenters. The number of carbonyl (C=O) groups is 2. The Morgan fingerprint density at radius 2 is 2.18 bits per heavy atom. The van der Waals surface area contributed by atoms with Crippen LogP contribution in [0.3, 0.4) is 0 Å². The van der Waals surface area contributed by atoms with Gasteiger partial charge in [-0.05, 0) is 12.3 Å². The summed E-state index contributed by atoms with van der Waals surface area (Å²) < 4.78 is 6.98. The average molecular weight is 388 g/mol. The summed E-state index contributed by atoms with van der Waals surface area (Å²) in [4.78, 5) is 36.9. The van der Waals surface area contributed by atoms with Crippen LogP contribution in [0.4, 0.5) is 0 Å². The molecule has 2 aromatic rings. The van der Waals surface area contributed by atoms with E-state index < -0.39 is 0 Å². The van der Waals surface area contributed by atoms with E-state index >= 15 is 0 Å². The van der Waals surface area contributed by atoms with Crippen molar-refractivity contribution >= 4 is 11.8 Å². The molecular formula is C19H28N6O3. The molecule has 1 aliphatic rings. The Morgan fingerprint density at radius 1 is 1.39 bits per heavy atom. The van der Waals surface area contributed by atoms with Crippen molar-refractivity contribution in [2.24, 2.45) is 13.0 Å². The number of likely N-dealkylation sites (tertiary alicyclic amines) is 1. The lowest BCUT2D eigenvalue weighted by molar-refractivity contribution is -0.130. The summed E-state index contributed by atoms with van der Waals surface area (Å²) in [6.45, 7) is 7.41. The van der Waals surface area contributed by atoms with Gasteiger partial charge in [0.2, 0.25) is 11.8 Å². The topological polar surface area (TPSA) is 97.4 Å². The summed E-state index contributed by atoms with van der Waals surface area (Å²) in [5.41, 5.74) is 0.555. The Labute approximate surface area is 164 Å². The molecule has 9 heteroatoms. The Morgan fingerprint density at radius 3 is 2.82 bits per heavy atom. The second kappa shape index (κ2) is 8.53. The highest BCUT2D eigenvalue weighted by Gasteiger charge is 2.33. The summed E-state index contributed by atoms with van der Waals surface area (Å²) in [7, 11) is 1.80. The fourth-order valence-corrected chi connectivity index (χ4v) is 3.55. The molecule has 0 aliphatic carbocycles. The molecule has 1 unspecified atom stereocenters. The van der Waals surface area contributed by atoms with Gasteiger partial charge in [0.15, 0.2) is 5.82 Å². The van der Waals surface area contributed by atoms with Gasteiger partial charge >= 0.3 is 0 Å². The maximum Gasteiger partial charge on any atom is 0.272 e. The van der Waals surface area contributed by atoms with E-state index in [1.54, 1.807) is 36.0 Å². The maximum atomic E-state index is 12.7. The van der Waals surface area contributed by atoms with Crippen LogP contribution in [0.5, 0.6) is 0 Å². The number of hydrogen-bond donors (Lipinski definition) is 0. The number of rotatable bonds is 7. The molecule has 0 bridgehead atoms. The highest BCUT2D eigenvalue weighted by molar-refractivity contribution is 5.92. The van der Waals surface area contributed by atoms with Crippen molar-refractivity contribution in [3.05, 3.63) is 29.9 Å². The van der Waals surface area contributed by atoms with E-state index in [1.807, 2.05) is 4.90 Å². The quantitative estimate of drug-likeness (QED) is 0.709. The molecule has 0 N–H and O–H groups in total. The van der Waals surface area contributed by atoms with Crippen LogP contribution in [0.2, 0.25) is 0 Å². The van der Waals surface area contributed by atoms with Crippen LogP contribution in [0.25, 0.3) is 0 Å². The van der Waals surface area contributed by atoms with Crippen LogP contribution >= 0.6 is 0 Å². The number of aromatic nitrogens is 4. The largest absolute Gasteiger partial charge is 0.339 e. The number of imidazole rings is 1. The lowest BCUT2D eigenvalue weighted by Gasteiger charge is -2.27. The van der Waals surface area contributed by atoms with Gasteiger partial charge in [0, 0.05) is 46.4 Å². The van der Waals surface area contributed by atoms with Crippen molar-refractivity contribution < 1.29 is 14.1 Å². The van der Waals surface area contributed by atoms with Gasteiger partial charge in [-0.25, -0.2) is 4.98 Å². The smallest absolute Gasteiger partial charge is 0.272 e. The van der Waals surface area contributed by atoms with Crippen LogP contribution in [-0.2, 0) is 24.7 Å². The molecule has 2 amide bonds. The first kappa shape index (κ1) is 20.0. The first-order valence-corrected chi connectivity index (χ1v) is 9.69. The summed E-state index contributed by atoms with van der Waals surface area (Å²) >= 11 is 0. The van der Waals surface area contributed by atoms with E-state index in [9.17, 15) is 9.59 Å². The number of carbonyl (C=O) groups excluding carboxylic acids is 2. The third-order valence-corrected chi connectivity index (χ3v) is 5.00. The second-order valence-corrected chi connectivity index (χ2v) is 7.75. The second-order valence-electron chi connectivity index (χ2n) is 7.75. The highest BCUT2D eigenvalue weighted by atomic mass is 16.5. The summed E-state index contributed by atoms with van der Waals surface area (Å²) in [6, 6.07) is -0.00304. The lowest BCUT2D eigenvalue weighted by atomic mass is 10.1. The molecule has 152 valence electrons. The van der Waals surface area contributed by atoms with E-state index in [-0.39, 0.29) is 17.9 Å². The molecule has 3 rings (SSSR count). The van der Waals surface area contributed by atoms with Crippen molar-refractivity contribution in [3.8, 4) is 0 Å². The third kappa shape index (κ3) is 4.58. The minimum atomic E-state index is -0.0532. The van der Waals surface area contributed by atoms with Crippen molar-refractivity contribution in [1.29, 1.82) is 0 Å². The minimum Gasteiger partial charge on any atom is -0.339 e. The Balaban J connectivity index is 1.58. The Kier molecular flexibility index (Phi) is 6.11. The number of hydrogen-bond acceptors (Lipinski definition) is 6. The molecule has 0 radical (unpaired) electrons. The molecule has 0 aromatic carbocycles. The predicted octanol–water partition coefficient (Wildman–Crippen LogP) is 1.31. The van der Waals surface area contributed by atoms with E-state index in [1.165, 1.54) is 0 Å². The van der Waals surface area contributed by atoms with Crippen LogP contribution in [-0.4, -0.2) is 67.0 Å². The van der Waals surface area contributed by atoms with Crippen molar-refractivity contribution in [2.75, 3.05) is 19.6 Å². The fourth-order valence-electron chi connectivity index (χ4n) is 3.55. The summed E-state index contributed by atoms with van der Waals surface area (Å²) in [5, 5.41) is 4.02. The monoisotopic (exact) mass is 388 g/mol. The molecule has 3 heterocycles. The highest BCUT2D eigenvalue weighted by Crippen LogP contribution is 2.19. The SMILES string of the molecule is CC(=O)N(CCc1noc(CC(C)C)n1)C1CCN(C(=O)c2cncn2C)C1. The predicted molar refractivity (Wildman–Crippen MR) is 101 cm³/mol. The van der Waals surface area contributed by atoms with Gasteiger partial charge in [0.05, 0.1) is 18.6 Å². The molecular weight excluding hydrogens is 360 g/mol. The standard InChI is InChI=1S/C19H28N6O3/c1-13(2)9-18-21-17(22-28-18)6-8-25(14(3)26)15-5-7-24(11-15)19(27)16-10-20-12-23(16)4/h10,12-13,15H,5-9,11H2,1-4H3. The van der Waals surface area contributed by atoms with E-state index in [2.05, 4.69) is 29.0 Å². The fraction of sp³-hybridized carbons (Fsp3) is 0.632. The van der Waals surface area contributed by atoms with Gasteiger partial charge in [-0.1, -0.05) is 19.0 Å². The van der Waals surface area contributed by atoms with Gasteiger partial charge in [-0.2, -0.15) is 4.98 Å². The van der Waals surface area contributed by atoms with E-state index in [4.69, 9.17) is 4.52 Å². The van der Waals surface area contributed by atoms with Crippen LogP contribution < -0.4 is 0 Å². The maximum absolute atomic E-state index is 12.7. The molecule has 0 spiro atoms. The number of aryl methyl sites for hydroxylation is 1. The third-order valence-electron chi connectivity index (χ3n) is 5.00. The van der Waals surface area contributed by atoms with Gasteiger partial charge in [0.25, 0.3) is 5.91 Å². The van der Waals surface area contributed by atoms with Gasteiger partial charge in [-0.15, -0.1) is 0 Å². The number of amides is 2. The molecule has 0 saturated carbocycles. The van der Waals surface area contributed by atoms with Crippen LogP contribution in [0, 0.1) is 5.92 Å². The van der Waals surface area contributed by atoms with Gasteiger partial charge < -0.3 is 18.9 Å². The van der Waals surface area contributed by atoms with Crippen molar-refractivity contribution in [1.82, 2.24) is 29.5 Å². The zero-order valence-electron chi connectivity index (χ0n) is 17.0.